The van der Waals surface area contributed by atoms with Crippen LogP contribution in [0.1, 0.15) is 0 Å². The van der Waals surface area contributed by atoms with Crippen molar-refractivity contribution in [3.05, 3.63) is 109 Å². The van der Waals surface area contributed by atoms with Gasteiger partial charge >= 0.3 is 0 Å². The molecule has 33 heavy (non-hydrogen) atoms. The zero-order valence-electron chi connectivity index (χ0n) is 17.8. The molecule has 6 aromatic rings. The Labute approximate surface area is 191 Å². The second kappa shape index (κ2) is 7.84. The first kappa shape index (κ1) is 19.1. The van der Waals surface area contributed by atoms with Gasteiger partial charge in [-0.2, -0.15) is 0 Å². The monoisotopic (exact) mass is 424 g/mol. The molecule has 0 aliphatic rings. The Morgan fingerprint density at radius 3 is 1.27 bits per heavy atom. The molecule has 0 atom stereocenters. The highest BCUT2D eigenvalue weighted by Gasteiger charge is 2.13. The van der Waals surface area contributed by atoms with Crippen molar-refractivity contribution in [1.82, 2.24) is 15.0 Å². The van der Waals surface area contributed by atoms with Crippen LogP contribution in [-0.4, -0.2) is 15.0 Å². The van der Waals surface area contributed by atoms with Gasteiger partial charge in [-0.3, -0.25) is 0 Å². The quantitative estimate of drug-likeness (QED) is 0.319. The minimum absolute atomic E-state index is 0.622. The first-order valence-corrected chi connectivity index (χ1v) is 10.8. The molecule has 0 aliphatic carbocycles. The number of nitrogen functional groups attached to an aromatic ring is 1. The number of rotatable bonds is 3. The highest BCUT2D eigenvalue weighted by molar-refractivity contribution is 5.88. The van der Waals surface area contributed by atoms with Gasteiger partial charge in [0, 0.05) is 22.4 Å². The fourth-order valence-corrected chi connectivity index (χ4v) is 4.05. The average Bonchev–Trinajstić information content (AvgIpc) is 2.88. The van der Waals surface area contributed by atoms with Crippen molar-refractivity contribution in [2.75, 3.05) is 5.73 Å². The lowest BCUT2D eigenvalue weighted by atomic mass is 10.1. The van der Waals surface area contributed by atoms with Crippen LogP contribution in [0, 0.1) is 0 Å². The van der Waals surface area contributed by atoms with Gasteiger partial charge in [-0.25, -0.2) is 15.0 Å². The number of hydrogen-bond acceptors (Lipinski definition) is 4. The van der Waals surface area contributed by atoms with Crippen molar-refractivity contribution in [2.45, 2.75) is 0 Å². The molecule has 0 amide bonds. The Kier molecular flexibility index (Phi) is 4.55. The zero-order chi connectivity index (χ0) is 22.2. The third-order valence-electron chi connectivity index (χ3n) is 5.82. The van der Waals surface area contributed by atoms with Crippen LogP contribution in [0.2, 0.25) is 0 Å². The minimum atomic E-state index is 0.622. The fraction of sp³-hybridized carbons (Fsp3) is 0. The number of anilines is 1. The number of hydrogen-bond donors (Lipinski definition) is 1. The van der Waals surface area contributed by atoms with E-state index in [1.165, 1.54) is 10.8 Å². The van der Waals surface area contributed by atoms with Gasteiger partial charge in [-0.15, -0.1) is 0 Å². The molecule has 6 rings (SSSR count). The van der Waals surface area contributed by atoms with Crippen LogP contribution in [0.4, 0.5) is 5.69 Å². The molecule has 4 nitrogen and oxygen atoms in total. The molecule has 1 aromatic heterocycles. The maximum atomic E-state index is 5.90. The third-order valence-corrected chi connectivity index (χ3v) is 5.82. The van der Waals surface area contributed by atoms with E-state index < -0.39 is 0 Å². The van der Waals surface area contributed by atoms with Crippen LogP contribution in [0.5, 0.6) is 0 Å². The van der Waals surface area contributed by atoms with E-state index in [9.17, 15) is 0 Å². The average molecular weight is 425 g/mol. The SMILES string of the molecule is Nc1ccc(-c2nc(-c3ccc4ccccc4c3)nc(-c3ccc4ccccc4c3)n2)cc1. The van der Waals surface area contributed by atoms with E-state index in [4.69, 9.17) is 20.7 Å². The Bertz CT molecular complexity index is 1520. The molecule has 0 spiro atoms. The van der Waals surface area contributed by atoms with E-state index in [0.29, 0.717) is 23.2 Å². The van der Waals surface area contributed by atoms with E-state index in [2.05, 4.69) is 60.7 Å². The first-order valence-electron chi connectivity index (χ1n) is 10.8. The molecule has 156 valence electrons. The van der Waals surface area contributed by atoms with Gasteiger partial charge in [0.05, 0.1) is 0 Å². The highest BCUT2D eigenvalue weighted by atomic mass is 15.0. The molecule has 2 N–H and O–H groups in total. The summed E-state index contributed by atoms with van der Waals surface area (Å²) in [5, 5.41) is 4.67. The van der Waals surface area contributed by atoms with Gasteiger partial charge in [0.15, 0.2) is 17.5 Å². The van der Waals surface area contributed by atoms with Gasteiger partial charge in [0.2, 0.25) is 0 Å². The molecular weight excluding hydrogens is 404 g/mol. The summed E-state index contributed by atoms with van der Waals surface area (Å²) in [5.41, 5.74) is 9.41. The van der Waals surface area contributed by atoms with Crippen LogP contribution in [0.15, 0.2) is 109 Å². The number of benzene rings is 5. The maximum Gasteiger partial charge on any atom is 0.164 e. The topological polar surface area (TPSA) is 64.7 Å². The van der Waals surface area contributed by atoms with E-state index in [1.807, 2.05) is 48.5 Å². The molecule has 0 aliphatic heterocycles. The predicted molar refractivity (Wildman–Crippen MR) is 136 cm³/mol. The van der Waals surface area contributed by atoms with Crippen LogP contribution in [0.25, 0.3) is 55.7 Å². The van der Waals surface area contributed by atoms with Crippen LogP contribution < -0.4 is 5.73 Å². The summed E-state index contributed by atoms with van der Waals surface area (Å²) in [4.78, 5) is 14.6. The standard InChI is InChI=1S/C29H20N4/c30-26-15-13-21(14-16-26)27-31-28(24-11-9-19-5-1-3-7-22(19)17-24)33-29(32-27)25-12-10-20-6-2-4-8-23(20)18-25/h1-18H,30H2. The summed E-state index contributed by atoms with van der Waals surface area (Å²) in [7, 11) is 0. The third kappa shape index (κ3) is 3.68. The lowest BCUT2D eigenvalue weighted by Crippen LogP contribution is -2.00. The molecule has 0 saturated heterocycles. The Morgan fingerprint density at radius 2 is 0.788 bits per heavy atom. The van der Waals surface area contributed by atoms with E-state index in [-0.39, 0.29) is 0 Å². The summed E-state index contributed by atoms with van der Waals surface area (Å²) >= 11 is 0. The number of fused-ring (bicyclic) bond motifs is 2. The van der Waals surface area contributed by atoms with Crippen LogP contribution >= 0.6 is 0 Å². The van der Waals surface area contributed by atoms with Crippen molar-refractivity contribution < 1.29 is 0 Å². The number of aromatic nitrogens is 3. The zero-order valence-corrected chi connectivity index (χ0v) is 17.8. The van der Waals surface area contributed by atoms with Gasteiger partial charge in [-0.1, -0.05) is 72.8 Å². The lowest BCUT2D eigenvalue weighted by Gasteiger charge is -2.10. The van der Waals surface area contributed by atoms with Crippen molar-refractivity contribution in [3.63, 3.8) is 0 Å². The maximum absolute atomic E-state index is 5.90. The van der Waals surface area contributed by atoms with Crippen molar-refractivity contribution in [2.24, 2.45) is 0 Å². The predicted octanol–water partition coefficient (Wildman–Crippen LogP) is 6.76. The summed E-state index contributed by atoms with van der Waals surface area (Å²) in [6.07, 6.45) is 0. The van der Waals surface area contributed by atoms with Crippen LogP contribution in [0.3, 0.4) is 0 Å². The molecule has 1 heterocycles. The van der Waals surface area contributed by atoms with Crippen molar-refractivity contribution >= 4 is 27.2 Å². The Balaban J connectivity index is 1.56. The molecule has 4 heteroatoms. The van der Waals surface area contributed by atoms with Gasteiger partial charge in [0.1, 0.15) is 0 Å². The van der Waals surface area contributed by atoms with Gasteiger partial charge in [-0.05, 0) is 57.9 Å². The molecule has 0 fully saturated rings. The molecule has 0 saturated carbocycles. The summed E-state index contributed by atoms with van der Waals surface area (Å²) in [5.74, 6) is 1.91. The molecule has 0 unspecified atom stereocenters. The van der Waals surface area contributed by atoms with Gasteiger partial charge < -0.3 is 5.73 Å². The Hall–Kier alpha value is -4.57. The second-order valence-corrected chi connectivity index (χ2v) is 8.05. The van der Waals surface area contributed by atoms with E-state index in [1.54, 1.807) is 0 Å². The second-order valence-electron chi connectivity index (χ2n) is 8.05. The molecule has 5 aromatic carbocycles. The minimum Gasteiger partial charge on any atom is -0.399 e. The molecule has 0 radical (unpaired) electrons. The van der Waals surface area contributed by atoms with Gasteiger partial charge in [0.25, 0.3) is 0 Å². The number of nitrogens with two attached hydrogens (primary N) is 1. The normalized spacial score (nSPS) is 11.2. The smallest absolute Gasteiger partial charge is 0.164 e. The fourth-order valence-electron chi connectivity index (χ4n) is 4.05. The number of nitrogens with zero attached hydrogens (tertiary/aromatic N) is 3. The van der Waals surface area contributed by atoms with Crippen molar-refractivity contribution in [3.8, 4) is 34.2 Å². The Morgan fingerprint density at radius 1 is 0.394 bits per heavy atom. The summed E-state index contributed by atoms with van der Waals surface area (Å²) < 4.78 is 0. The largest absolute Gasteiger partial charge is 0.399 e. The lowest BCUT2D eigenvalue weighted by molar-refractivity contribution is 1.08. The van der Waals surface area contributed by atoms with E-state index >= 15 is 0 Å². The molecule has 0 bridgehead atoms. The van der Waals surface area contributed by atoms with Crippen molar-refractivity contribution in [1.29, 1.82) is 0 Å². The highest BCUT2D eigenvalue weighted by Crippen LogP contribution is 2.28. The summed E-state index contributed by atoms with van der Waals surface area (Å²) in [6, 6.07) is 36.8. The van der Waals surface area contributed by atoms with Crippen LogP contribution in [-0.2, 0) is 0 Å². The molecular formula is C29H20N4. The van der Waals surface area contributed by atoms with E-state index in [0.717, 1.165) is 27.5 Å². The summed E-state index contributed by atoms with van der Waals surface area (Å²) in [6.45, 7) is 0. The first-order chi connectivity index (χ1) is 16.2.